The van der Waals surface area contributed by atoms with E-state index in [2.05, 4.69) is 0 Å². The Morgan fingerprint density at radius 3 is 1.96 bits per heavy atom. The van der Waals surface area contributed by atoms with E-state index in [9.17, 15) is 31.1 Å². The number of Topliss-reactive ketones (excluding diaryl/α,β-unsaturated/α-hetero) is 1. The number of rotatable bonds is 2. The van der Waals surface area contributed by atoms with Crippen LogP contribution >= 0.6 is 0 Å². The molecule has 0 radical (unpaired) electrons. The quantitative estimate of drug-likeness (QED) is 0.492. The number of hydrogen-bond acceptors (Lipinski definition) is 2. The van der Waals surface area contributed by atoms with E-state index in [-0.39, 0.29) is 11.3 Å². The van der Waals surface area contributed by atoms with Crippen LogP contribution in [0.2, 0.25) is 0 Å². The lowest BCUT2D eigenvalue weighted by Crippen LogP contribution is -2.26. The number of anilines is 1. The van der Waals surface area contributed by atoms with Crippen LogP contribution in [0.5, 0.6) is 0 Å². The summed E-state index contributed by atoms with van der Waals surface area (Å²) >= 11 is 0. The minimum absolute atomic E-state index is 0.100. The van der Waals surface area contributed by atoms with Crippen molar-refractivity contribution in [2.24, 2.45) is 0 Å². The van der Waals surface area contributed by atoms with Crippen LogP contribution in [0.1, 0.15) is 15.9 Å². The van der Waals surface area contributed by atoms with Gasteiger partial charge in [-0.3, -0.25) is 4.79 Å². The van der Waals surface area contributed by atoms with Crippen molar-refractivity contribution < 1.29 is 31.1 Å². The molecule has 0 bridgehead atoms. The van der Waals surface area contributed by atoms with Crippen molar-refractivity contribution in [1.29, 1.82) is 0 Å². The molecule has 2 aromatic carbocycles. The summed E-state index contributed by atoms with van der Waals surface area (Å²) in [6.45, 7) is 0. The molecule has 2 N–H and O–H groups in total. The van der Waals surface area contributed by atoms with Gasteiger partial charge in [0.2, 0.25) is 0 Å². The number of nitrogen functional groups attached to an aromatic ring is 1. The zero-order valence-electron chi connectivity index (χ0n) is 11.3. The molecule has 8 heteroatoms. The summed E-state index contributed by atoms with van der Waals surface area (Å²) in [5, 5.41) is 0. The Kier molecular flexibility index (Phi) is 4.10. The van der Waals surface area contributed by atoms with E-state index >= 15 is 0 Å². The molecule has 0 atom stereocenters. The van der Waals surface area contributed by atoms with Gasteiger partial charge in [0.15, 0.2) is 0 Å². The molecule has 0 aliphatic heterocycles. The molecule has 0 heterocycles. The zero-order valence-corrected chi connectivity index (χ0v) is 11.3. The smallest absolute Gasteiger partial charge is 0.398 e. The molecular weight excluding hydrogens is 324 g/mol. The molecule has 0 aliphatic rings. The van der Waals surface area contributed by atoms with E-state index in [0.29, 0.717) is 17.7 Å². The molecule has 0 unspecified atom stereocenters. The van der Waals surface area contributed by atoms with Gasteiger partial charge in [0.05, 0.1) is 5.56 Å². The van der Waals surface area contributed by atoms with Crippen molar-refractivity contribution in [3.63, 3.8) is 0 Å². The minimum Gasteiger partial charge on any atom is -0.398 e. The molecule has 0 amide bonds. The number of carbonyl (C=O) groups excluding carboxylic acids is 1. The maximum Gasteiger partial charge on any atom is 0.454 e. The second-order valence-electron chi connectivity index (χ2n) is 4.68. The highest BCUT2D eigenvalue weighted by molar-refractivity contribution is 6.03. The summed E-state index contributed by atoms with van der Waals surface area (Å²) in [7, 11) is 0. The van der Waals surface area contributed by atoms with Crippen LogP contribution in [-0.2, 0) is 6.18 Å². The van der Waals surface area contributed by atoms with Crippen LogP contribution in [0.3, 0.4) is 0 Å². The van der Waals surface area contributed by atoms with Gasteiger partial charge in [0, 0.05) is 16.8 Å². The molecule has 2 aromatic rings. The summed E-state index contributed by atoms with van der Waals surface area (Å²) < 4.78 is 76.7. The van der Waals surface area contributed by atoms with Gasteiger partial charge >= 0.3 is 12.4 Å². The lowest BCUT2D eigenvalue weighted by atomic mass is 9.94. The predicted octanol–water partition coefficient (Wildman–Crippen LogP) is 4.70. The van der Waals surface area contributed by atoms with E-state index in [1.54, 1.807) is 6.07 Å². The molecule has 23 heavy (non-hydrogen) atoms. The Morgan fingerprint density at radius 2 is 1.48 bits per heavy atom. The van der Waals surface area contributed by atoms with Crippen molar-refractivity contribution in [1.82, 2.24) is 0 Å². The second-order valence-corrected chi connectivity index (χ2v) is 4.68. The Balaban J connectivity index is 2.72. The Labute approximate surface area is 126 Å². The van der Waals surface area contributed by atoms with Gasteiger partial charge in [-0.05, 0) is 17.7 Å². The van der Waals surface area contributed by atoms with Crippen molar-refractivity contribution in [3.8, 4) is 11.1 Å². The first kappa shape index (κ1) is 16.9. The van der Waals surface area contributed by atoms with Gasteiger partial charge in [-0.2, -0.15) is 26.3 Å². The normalized spacial score (nSPS) is 12.3. The molecule has 0 aromatic heterocycles. The van der Waals surface area contributed by atoms with Crippen molar-refractivity contribution in [2.75, 3.05) is 5.73 Å². The Hall–Kier alpha value is -2.51. The van der Waals surface area contributed by atoms with Crippen LogP contribution in [0, 0.1) is 0 Å². The third-order valence-electron chi connectivity index (χ3n) is 3.08. The van der Waals surface area contributed by atoms with Crippen LogP contribution in [0.4, 0.5) is 32.0 Å². The molecule has 0 saturated carbocycles. The topological polar surface area (TPSA) is 43.1 Å². The summed E-state index contributed by atoms with van der Waals surface area (Å²) in [4.78, 5) is 11.3. The van der Waals surface area contributed by atoms with Gasteiger partial charge < -0.3 is 5.73 Å². The molecule has 2 rings (SSSR count). The second kappa shape index (κ2) is 5.60. The van der Waals surface area contributed by atoms with E-state index in [0.717, 1.165) is 0 Å². The number of alkyl halides is 6. The summed E-state index contributed by atoms with van der Waals surface area (Å²) in [6.07, 6.45) is -10.6. The lowest BCUT2D eigenvalue weighted by molar-refractivity contribution is -0.138. The van der Waals surface area contributed by atoms with E-state index in [1.165, 1.54) is 24.3 Å². The van der Waals surface area contributed by atoms with Gasteiger partial charge in [-0.25, -0.2) is 0 Å². The highest BCUT2D eigenvalue weighted by atomic mass is 19.4. The zero-order chi connectivity index (χ0) is 17.4. The van der Waals surface area contributed by atoms with Gasteiger partial charge in [0.1, 0.15) is 0 Å². The average molecular weight is 333 g/mol. The Morgan fingerprint density at radius 1 is 0.913 bits per heavy atom. The largest absolute Gasteiger partial charge is 0.454 e. The third-order valence-corrected chi connectivity index (χ3v) is 3.08. The van der Waals surface area contributed by atoms with E-state index < -0.39 is 29.3 Å². The standard InChI is InChI=1S/C15H9F6NO/c16-14(17,18)11-6-9(8-4-2-1-3-5-8)12(22)7-10(11)13(23)15(19,20)21/h1-7H,22H2. The monoisotopic (exact) mass is 333 g/mol. The first-order valence-corrected chi connectivity index (χ1v) is 6.19. The molecule has 0 fully saturated rings. The first-order valence-electron chi connectivity index (χ1n) is 6.19. The van der Waals surface area contributed by atoms with E-state index in [4.69, 9.17) is 5.73 Å². The van der Waals surface area contributed by atoms with Crippen LogP contribution in [-0.4, -0.2) is 12.0 Å². The molecule has 122 valence electrons. The van der Waals surface area contributed by atoms with Crippen LogP contribution < -0.4 is 5.73 Å². The first-order chi connectivity index (χ1) is 10.5. The van der Waals surface area contributed by atoms with Crippen molar-refractivity contribution >= 4 is 11.5 Å². The number of carbonyl (C=O) groups is 1. The number of ketones is 1. The Bertz CT molecular complexity index is 734. The number of nitrogens with two attached hydrogens (primary N) is 1. The number of benzene rings is 2. The predicted molar refractivity (Wildman–Crippen MR) is 71.7 cm³/mol. The van der Waals surface area contributed by atoms with Gasteiger partial charge in [0.25, 0.3) is 5.78 Å². The minimum atomic E-state index is -5.43. The lowest BCUT2D eigenvalue weighted by Gasteiger charge is -2.17. The molecule has 2 nitrogen and oxygen atoms in total. The molecular formula is C15H9F6NO. The number of halogens is 6. The fraction of sp³-hybridized carbons (Fsp3) is 0.133. The molecule has 0 aliphatic carbocycles. The maximum absolute atomic E-state index is 13.1. The summed E-state index contributed by atoms with van der Waals surface area (Å²) in [5.74, 6) is -2.59. The molecule has 0 saturated heterocycles. The highest BCUT2D eigenvalue weighted by Gasteiger charge is 2.45. The highest BCUT2D eigenvalue weighted by Crippen LogP contribution is 2.39. The number of hydrogen-bond donors (Lipinski definition) is 1. The van der Waals surface area contributed by atoms with Crippen LogP contribution in [0.25, 0.3) is 11.1 Å². The third kappa shape index (κ3) is 3.46. The maximum atomic E-state index is 13.1. The van der Waals surface area contributed by atoms with Crippen molar-refractivity contribution in [3.05, 3.63) is 53.6 Å². The van der Waals surface area contributed by atoms with Crippen LogP contribution in [0.15, 0.2) is 42.5 Å². The average Bonchev–Trinajstić information content (AvgIpc) is 2.44. The fourth-order valence-electron chi connectivity index (χ4n) is 2.06. The van der Waals surface area contributed by atoms with Gasteiger partial charge in [-0.15, -0.1) is 0 Å². The van der Waals surface area contributed by atoms with Crippen molar-refractivity contribution in [2.45, 2.75) is 12.4 Å². The van der Waals surface area contributed by atoms with E-state index in [1.807, 2.05) is 0 Å². The SMILES string of the molecule is Nc1cc(C(=O)C(F)(F)F)c(C(F)(F)F)cc1-c1ccccc1. The molecule has 0 spiro atoms. The van der Waals surface area contributed by atoms with Gasteiger partial charge in [-0.1, -0.05) is 30.3 Å². The summed E-state index contributed by atoms with van der Waals surface area (Å²) in [6, 6.07) is 8.48. The summed E-state index contributed by atoms with van der Waals surface area (Å²) in [5.41, 5.74) is 2.22. The fourth-order valence-corrected chi connectivity index (χ4v) is 2.06.